The van der Waals surface area contributed by atoms with Crippen molar-refractivity contribution < 1.29 is 19.1 Å². The topological polar surface area (TPSA) is 81.6 Å². The Balaban J connectivity index is 1.67. The van der Waals surface area contributed by atoms with Gasteiger partial charge in [-0.1, -0.05) is 48.5 Å². The second kappa shape index (κ2) is 10.3. The fourth-order valence-electron chi connectivity index (χ4n) is 3.88. The summed E-state index contributed by atoms with van der Waals surface area (Å²) in [6.45, 7) is 4.91. The first-order chi connectivity index (χ1) is 16.1. The first-order valence-corrected chi connectivity index (χ1v) is 11.2. The standard InChI is InChI=1S/C26H27N3O4/c1-3-32-26(31)20-13-9-15-29(17-20)25(30)21-16-27-23(19-11-5-4-6-12-19)28-24(21)33-22-14-8-7-10-18(22)2/h4-8,10-12,14,16,20H,3,9,13,15,17H2,1-2H3. The summed E-state index contributed by atoms with van der Waals surface area (Å²) in [6.07, 6.45) is 2.95. The maximum atomic E-state index is 13.5. The van der Waals surface area contributed by atoms with E-state index in [9.17, 15) is 9.59 Å². The number of aryl methyl sites for hydroxylation is 1. The highest BCUT2D eigenvalue weighted by Crippen LogP contribution is 2.30. The molecule has 0 spiro atoms. The average Bonchev–Trinajstić information content (AvgIpc) is 2.86. The van der Waals surface area contributed by atoms with E-state index in [1.165, 1.54) is 6.20 Å². The molecule has 1 aliphatic heterocycles. The maximum absolute atomic E-state index is 13.5. The highest BCUT2D eigenvalue weighted by molar-refractivity contribution is 5.96. The smallest absolute Gasteiger partial charge is 0.310 e. The van der Waals surface area contributed by atoms with Gasteiger partial charge in [0.2, 0.25) is 5.88 Å². The van der Waals surface area contributed by atoms with Crippen LogP contribution >= 0.6 is 0 Å². The van der Waals surface area contributed by atoms with Crippen LogP contribution in [-0.2, 0) is 9.53 Å². The van der Waals surface area contributed by atoms with Gasteiger partial charge >= 0.3 is 5.97 Å². The molecule has 7 nitrogen and oxygen atoms in total. The number of nitrogens with zero attached hydrogens (tertiary/aromatic N) is 3. The van der Waals surface area contributed by atoms with E-state index < -0.39 is 0 Å². The lowest BCUT2D eigenvalue weighted by Crippen LogP contribution is -2.43. The van der Waals surface area contributed by atoms with Crippen molar-refractivity contribution in [3.8, 4) is 23.0 Å². The lowest BCUT2D eigenvalue weighted by atomic mass is 9.97. The van der Waals surface area contributed by atoms with Crippen LogP contribution in [0.1, 0.15) is 35.7 Å². The van der Waals surface area contributed by atoms with Gasteiger partial charge in [0.25, 0.3) is 5.91 Å². The molecule has 0 radical (unpaired) electrons. The molecule has 3 aromatic rings. The van der Waals surface area contributed by atoms with Gasteiger partial charge in [-0.3, -0.25) is 9.59 Å². The van der Waals surface area contributed by atoms with Crippen molar-refractivity contribution in [2.75, 3.05) is 19.7 Å². The molecule has 0 bridgehead atoms. The Morgan fingerprint density at radius 1 is 1.09 bits per heavy atom. The van der Waals surface area contributed by atoms with Gasteiger partial charge in [0.1, 0.15) is 11.3 Å². The molecule has 1 saturated heterocycles. The van der Waals surface area contributed by atoms with Crippen LogP contribution in [0, 0.1) is 12.8 Å². The molecule has 33 heavy (non-hydrogen) atoms. The summed E-state index contributed by atoms with van der Waals surface area (Å²) in [5.74, 6) is 0.439. The summed E-state index contributed by atoms with van der Waals surface area (Å²) in [6, 6.07) is 17.1. The number of carbonyl (C=O) groups excluding carboxylic acids is 2. The number of hydrogen-bond donors (Lipinski definition) is 0. The van der Waals surface area contributed by atoms with E-state index in [2.05, 4.69) is 9.97 Å². The zero-order valence-electron chi connectivity index (χ0n) is 18.9. The highest BCUT2D eigenvalue weighted by atomic mass is 16.5. The molecule has 170 valence electrons. The normalized spacial score (nSPS) is 15.7. The third kappa shape index (κ3) is 5.19. The van der Waals surface area contributed by atoms with Gasteiger partial charge in [-0.25, -0.2) is 4.98 Å². The van der Waals surface area contributed by atoms with Crippen molar-refractivity contribution >= 4 is 11.9 Å². The van der Waals surface area contributed by atoms with Crippen LogP contribution in [0.3, 0.4) is 0 Å². The monoisotopic (exact) mass is 445 g/mol. The summed E-state index contributed by atoms with van der Waals surface area (Å²) in [5, 5.41) is 0. The molecule has 4 rings (SSSR count). The second-order valence-electron chi connectivity index (χ2n) is 7.99. The number of amides is 1. The Morgan fingerprint density at radius 3 is 2.61 bits per heavy atom. The number of rotatable bonds is 6. The molecular weight excluding hydrogens is 418 g/mol. The Hall–Kier alpha value is -3.74. The number of ether oxygens (including phenoxy) is 2. The first-order valence-electron chi connectivity index (χ1n) is 11.2. The van der Waals surface area contributed by atoms with Gasteiger partial charge in [0.15, 0.2) is 5.82 Å². The minimum absolute atomic E-state index is 0.196. The molecule has 1 amide bonds. The van der Waals surface area contributed by atoms with Crippen LogP contribution in [0.25, 0.3) is 11.4 Å². The summed E-state index contributed by atoms with van der Waals surface area (Å²) in [4.78, 5) is 36.4. The highest BCUT2D eigenvalue weighted by Gasteiger charge is 2.31. The van der Waals surface area contributed by atoms with Crippen molar-refractivity contribution in [2.45, 2.75) is 26.7 Å². The maximum Gasteiger partial charge on any atom is 0.310 e. The zero-order valence-corrected chi connectivity index (χ0v) is 18.9. The van der Waals surface area contributed by atoms with E-state index in [4.69, 9.17) is 9.47 Å². The van der Waals surface area contributed by atoms with E-state index in [-0.39, 0.29) is 29.2 Å². The Bertz CT molecular complexity index is 1130. The van der Waals surface area contributed by atoms with E-state index in [1.807, 2.05) is 61.5 Å². The lowest BCUT2D eigenvalue weighted by molar-refractivity contribution is -0.149. The second-order valence-corrected chi connectivity index (χ2v) is 7.99. The quantitative estimate of drug-likeness (QED) is 0.514. The molecule has 1 aromatic heterocycles. The fourth-order valence-corrected chi connectivity index (χ4v) is 3.88. The summed E-state index contributed by atoms with van der Waals surface area (Å²) < 4.78 is 11.3. The predicted molar refractivity (Wildman–Crippen MR) is 124 cm³/mol. The fraction of sp³-hybridized carbons (Fsp3) is 0.308. The van der Waals surface area contributed by atoms with Gasteiger partial charge < -0.3 is 14.4 Å². The molecule has 0 aliphatic carbocycles. The van der Waals surface area contributed by atoms with E-state index in [0.717, 1.165) is 17.5 Å². The predicted octanol–water partition coefficient (Wildman–Crippen LogP) is 4.66. The molecule has 1 unspecified atom stereocenters. The van der Waals surface area contributed by atoms with Crippen molar-refractivity contribution in [3.05, 3.63) is 71.9 Å². The first kappa shape index (κ1) is 22.5. The number of esters is 1. The Labute approximate surface area is 193 Å². The van der Waals surface area contributed by atoms with Gasteiger partial charge in [-0.2, -0.15) is 4.98 Å². The van der Waals surface area contributed by atoms with Crippen molar-refractivity contribution in [2.24, 2.45) is 5.92 Å². The third-order valence-electron chi connectivity index (χ3n) is 5.64. The number of carbonyl (C=O) groups is 2. The summed E-state index contributed by atoms with van der Waals surface area (Å²) in [5.41, 5.74) is 2.02. The number of likely N-dealkylation sites (tertiary alicyclic amines) is 1. The van der Waals surface area contributed by atoms with Crippen LogP contribution < -0.4 is 4.74 Å². The molecule has 1 fully saturated rings. The molecule has 2 heterocycles. The molecular formula is C26H27N3O4. The van der Waals surface area contributed by atoms with Crippen LogP contribution in [0.2, 0.25) is 0 Å². The third-order valence-corrected chi connectivity index (χ3v) is 5.64. The number of para-hydroxylation sites is 1. The van der Waals surface area contributed by atoms with Gasteiger partial charge in [-0.05, 0) is 38.3 Å². The molecule has 1 aliphatic rings. The molecule has 0 saturated carbocycles. The summed E-state index contributed by atoms with van der Waals surface area (Å²) >= 11 is 0. The molecule has 2 aromatic carbocycles. The minimum Gasteiger partial charge on any atom is -0.466 e. The zero-order chi connectivity index (χ0) is 23.2. The lowest BCUT2D eigenvalue weighted by Gasteiger charge is -2.31. The average molecular weight is 446 g/mol. The Kier molecular flexibility index (Phi) is 6.98. The summed E-state index contributed by atoms with van der Waals surface area (Å²) in [7, 11) is 0. The van der Waals surface area contributed by atoms with Crippen LogP contribution in [-0.4, -0.2) is 46.4 Å². The van der Waals surface area contributed by atoms with Crippen LogP contribution in [0.15, 0.2) is 60.8 Å². The van der Waals surface area contributed by atoms with E-state index in [1.54, 1.807) is 11.8 Å². The SMILES string of the molecule is CCOC(=O)C1CCCN(C(=O)c2cnc(-c3ccccc3)nc2Oc2ccccc2C)C1. The van der Waals surface area contributed by atoms with Crippen LogP contribution in [0.5, 0.6) is 11.6 Å². The van der Waals surface area contributed by atoms with E-state index in [0.29, 0.717) is 37.7 Å². The van der Waals surface area contributed by atoms with Crippen LogP contribution in [0.4, 0.5) is 0 Å². The molecule has 1 atom stereocenters. The van der Waals surface area contributed by atoms with Crippen molar-refractivity contribution in [3.63, 3.8) is 0 Å². The number of aromatic nitrogens is 2. The number of piperidine rings is 1. The van der Waals surface area contributed by atoms with Crippen molar-refractivity contribution in [1.82, 2.24) is 14.9 Å². The Morgan fingerprint density at radius 2 is 1.85 bits per heavy atom. The largest absolute Gasteiger partial charge is 0.466 e. The van der Waals surface area contributed by atoms with Gasteiger partial charge in [0, 0.05) is 24.8 Å². The van der Waals surface area contributed by atoms with Crippen molar-refractivity contribution in [1.29, 1.82) is 0 Å². The molecule has 0 N–H and O–H groups in total. The minimum atomic E-state index is -0.326. The van der Waals surface area contributed by atoms with Gasteiger partial charge in [0.05, 0.1) is 12.5 Å². The van der Waals surface area contributed by atoms with Gasteiger partial charge in [-0.15, -0.1) is 0 Å². The molecule has 7 heteroatoms. The number of benzene rings is 2. The number of hydrogen-bond acceptors (Lipinski definition) is 6. The van der Waals surface area contributed by atoms with E-state index >= 15 is 0 Å².